The number of rotatable bonds is 6. The van der Waals surface area contributed by atoms with Gasteiger partial charge in [-0.25, -0.2) is 9.38 Å². The highest BCUT2D eigenvalue weighted by atomic mass is 19.4. The van der Waals surface area contributed by atoms with E-state index < -0.39 is 29.9 Å². The summed E-state index contributed by atoms with van der Waals surface area (Å²) in [6.07, 6.45) is -6.59. The number of piperidine rings is 1. The molecule has 2 aromatic heterocycles. The average Bonchev–Trinajstić information content (AvgIpc) is 2.78. The van der Waals surface area contributed by atoms with Gasteiger partial charge in [0.05, 0.1) is 0 Å². The van der Waals surface area contributed by atoms with Gasteiger partial charge in [0.1, 0.15) is 23.3 Å². The van der Waals surface area contributed by atoms with Crippen molar-refractivity contribution in [3.63, 3.8) is 0 Å². The Bertz CT molecular complexity index is 1120. The number of pyridine rings is 1. The van der Waals surface area contributed by atoms with Crippen molar-refractivity contribution in [2.75, 3.05) is 23.3 Å². The number of hydrogen-bond donors (Lipinski definition) is 1. The zero-order valence-corrected chi connectivity index (χ0v) is 18.3. The molecule has 0 amide bonds. The summed E-state index contributed by atoms with van der Waals surface area (Å²) < 4.78 is 91.8. The standard InChI is InChI=1S/C21H20F7N7/c1-3-4-15(30-12(2)20(23,24)25)17-32-18(31-14-5-8-29-16(11-14)21(26,27)28)34-19(33-17)35-9-6-13(22)7-10-35/h3-5,8,11,13H,2,6-7,9-10H2,1H3,(H,29,31,32,33,34)/b4-3-,30-15+. The summed E-state index contributed by atoms with van der Waals surface area (Å²) in [5, 5.41) is 2.60. The number of aromatic nitrogens is 4. The third-order valence-corrected chi connectivity index (χ3v) is 4.77. The van der Waals surface area contributed by atoms with Gasteiger partial charge in [-0.15, -0.1) is 0 Å². The van der Waals surface area contributed by atoms with Crippen LogP contribution in [-0.2, 0) is 6.18 Å². The molecule has 35 heavy (non-hydrogen) atoms. The predicted octanol–water partition coefficient (Wildman–Crippen LogP) is 5.41. The molecule has 1 aliphatic rings. The Kier molecular flexibility index (Phi) is 7.70. The second kappa shape index (κ2) is 10.4. The number of nitrogens with zero attached hydrogens (tertiary/aromatic N) is 6. The Morgan fingerprint density at radius 3 is 2.43 bits per heavy atom. The van der Waals surface area contributed by atoms with Crippen molar-refractivity contribution in [1.29, 1.82) is 0 Å². The number of anilines is 3. The summed E-state index contributed by atoms with van der Waals surface area (Å²) in [5.41, 5.74) is -2.93. The molecule has 0 aromatic carbocycles. The van der Waals surface area contributed by atoms with Gasteiger partial charge >= 0.3 is 12.4 Å². The molecule has 7 nitrogen and oxygen atoms in total. The average molecular weight is 503 g/mol. The summed E-state index contributed by atoms with van der Waals surface area (Å²) >= 11 is 0. The highest BCUT2D eigenvalue weighted by Gasteiger charge is 2.33. The Morgan fingerprint density at radius 2 is 1.83 bits per heavy atom. The molecule has 188 valence electrons. The van der Waals surface area contributed by atoms with Gasteiger partial charge < -0.3 is 10.2 Å². The fourth-order valence-corrected chi connectivity index (χ4v) is 3.05. The van der Waals surface area contributed by atoms with E-state index >= 15 is 0 Å². The number of aliphatic imine (C=N–C) groups is 1. The lowest BCUT2D eigenvalue weighted by Crippen LogP contribution is -2.36. The Balaban J connectivity index is 2.06. The quantitative estimate of drug-likeness (QED) is 0.420. The van der Waals surface area contributed by atoms with Crippen LogP contribution >= 0.6 is 0 Å². The van der Waals surface area contributed by atoms with E-state index in [1.165, 1.54) is 25.1 Å². The van der Waals surface area contributed by atoms with Gasteiger partial charge in [0, 0.05) is 25.0 Å². The molecule has 2 aromatic rings. The molecule has 1 fully saturated rings. The first-order valence-corrected chi connectivity index (χ1v) is 10.3. The van der Waals surface area contributed by atoms with Gasteiger partial charge in [0.15, 0.2) is 5.82 Å². The van der Waals surface area contributed by atoms with Crippen LogP contribution < -0.4 is 10.2 Å². The van der Waals surface area contributed by atoms with Gasteiger partial charge in [-0.2, -0.15) is 41.3 Å². The zero-order chi connectivity index (χ0) is 25.8. The molecule has 1 N–H and O–H groups in total. The van der Waals surface area contributed by atoms with Crippen molar-refractivity contribution in [2.24, 2.45) is 4.99 Å². The predicted molar refractivity (Wildman–Crippen MR) is 115 cm³/mol. The molecule has 3 heterocycles. The molecule has 3 rings (SSSR count). The van der Waals surface area contributed by atoms with Crippen molar-refractivity contribution >= 4 is 23.3 Å². The third-order valence-electron chi connectivity index (χ3n) is 4.77. The van der Waals surface area contributed by atoms with E-state index in [-0.39, 0.29) is 55.1 Å². The lowest BCUT2D eigenvalue weighted by molar-refractivity contribution is -0.141. The van der Waals surface area contributed by atoms with E-state index in [9.17, 15) is 30.7 Å². The first-order valence-electron chi connectivity index (χ1n) is 10.3. The molecule has 0 unspecified atom stereocenters. The topological polar surface area (TPSA) is 79.2 Å². The molecule has 0 bridgehead atoms. The van der Waals surface area contributed by atoms with E-state index in [0.29, 0.717) is 0 Å². The van der Waals surface area contributed by atoms with Crippen molar-refractivity contribution in [3.05, 3.63) is 54.3 Å². The van der Waals surface area contributed by atoms with Crippen LogP contribution in [0.5, 0.6) is 0 Å². The van der Waals surface area contributed by atoms with Gasteiger partial charge in [-0.05, 0) is 38.0 Å². The molecule has 0 atom stereocenters. The van der Waals surface area contributed by atoms with Gasteiger partial charge in [0.25, 0.3) is 0 Å². The monoisotopic (exact) mass is 503 g/mol. The van der Waals surface area contributed by atoms with Crippen molar-refractivity contribution in [2.45, 2.75) is 38.3 Å². The molecule has 0 radical (unpaired) electrons. The van der Waals surface area contributed by atoms with Crippen LogP contribution in [0, 0.1) is 0 Å². The molecule has 0 saturated carbocycles. The summed E-state index contributed by atoms with van der Waals surface area (Å²) in [4.78, 5) is 20.8. The van der Waals surface area contributed by atoms with Crippen LogP contribution in [0.3, 0.4) is 0 Å². The summed E-state index contributed by atoms with van der Waals surface area (Å²) in [5.74, 6) is -0.528. The maximum Gasteiger partial charge on any atom is 0.433 e. The normalized spacial score (nSPS) is 16.1. The van der Waals surface area contributed by atoms with Crippen LogP contribution in [0.2, 0.25) is 0 Å². The molecule has 14 heteroatoms. The molecule has 1 aliphatic heterocycles. The van der Waals surface area contributed by atoms with E-state index in [1.807, 2.05) is 0 Å². The molecule has 1 saturated heterocycles. The van der Waals surface area contributed by atoms with Crippen LogP contribution in [0.4, 0.5) is 48.3 Å². The van der Waals surface area contributed by atoms with Crippen LogP contribution in [0.15, 0.2) is 47.7 Å². The second-order valence-corrected chi connectivity index (χ2v) is 7.44. The first-order chi connectivity index (χ1) is 16.4. The van der Waals surface area contributed by atoms with Crippen LogP contribution in [-0.4, -0.2) is 51.1 Å². The second-order valence-electron chi connectivity index (χ2n) is 7.44. The van der Waals surface area contributed by atoms with E-state index in [2.05, 4.69) is 36.8 Å². The summed E-state index contributed by atoms with van der Waals surface area (Å²) in [6.45, 7) is 4.90. The lowest BCUT2D eigenvalue weighted by Gasteiger charge is -2.28. The maximum atomic E-state index is 13.6. The van der Waals surface area contributed by atoms with E-state index in [4.69, 9.17) is 0 Å². The number of hydrogen-bond acceptors (Lipinski definition) is 7. The Labute approximate surface area is 195 Å². The minimum Gasteiger partial charge on any atom is -0.340 e. The van der Waals surface area contributed by atoms with Gasteiger partial charge in [-0.1, -0.05) is 12.7 Å². The van der Waals surface area contributed by atoms with Crippen molar-refractivity contribution < 1.29 is 30.7 Å². The van der Waals surface area contributed by atoms with Crippen molar-refractivity contribution in [3.8, 4) is 0 Å². The first kappa shape index (κ1) is 26.0. The van der Waals surface area contributed by atoms with Crippen LogP contribution in [0.1, 0.15) is 31.3 Å². The lowest BCUT2D eigenvalue weighted by atomic mass is 10.1. The summed E-state index contributed by atoms with van der Waals surface area (Å²) in [7, 11) is 0. The van der Waals surface area contributed by atoms with Gasteiger partial charge in [-0.3, -0.25) is 4.98 Å². The number of nitrogens with one attached hydrogen (secondary N) is 1. The minimum atomic E-state index is -4.81. The smallest absolute Gasteiger partial charge is 0.340 e. The zero-order valence-electron chi connectivity index (χ0n) is 18.3. The molecule has 0 aliphatic carbocycles. The summed E-state index contributed by atoms with van der Waals surface area (Å²) in [6, 6.07) is 1.96. The van der Waals surface area contributed by atoms with Gasteiger partial charge in [0.2, 0.25) is 11.9 Å². The van der Waals surface area contributed by atoms with E-state index in [1.54, 1.807) is 4.90 Å². The van der Waals surface area contributed by atoms with Crippen molar-refractivity contribution in [1.82, 2.24) is 19.9 Å². The molecular formula is C21H20F7N7. The SMILES string of the molecule is C=C(/N=C(\C=C/C)c1nc(Nc2ccnc(C(F)(F)F)c2)nc(N2CCC(F)CC2)n1)C(F)(F)F. The fourth-order valence-electron chi connectivity index (χ4n) is 3.05. The molecular weight excluding hydrogens is 483 g/mol. The fraction of sp³-hybridized carbons (Fsp3) is 0.381. The minimum absolute atomic E-state index is 0.00400. The third kappa shape index (κ3) is 6.96. The number of halogens is 7. The Hall–Kier alpha value is -3.58. The number of allylic oxidation sites excluding steroid dienone is 3. The number of alkyl halides is 7. The van der Waals surface area contributed by atoms with E-state index in [0.717, 1.165) is 12.3 Å². The largest absolute Gasteiger partial charge is 0.433 e. The Morgan fingerprint density at radius 1 is 1.14 bits per heavy atom. The maximum absolute atomic E-state index is 13.6. The van der Waals surface area contributed by atoms with Crippen LogP contribution in [0.25, 0.3) is 0 Å². The molecule has 0 spiro atoms. The highest BCUT2D eigenvalue weighted by Crippen LogP contribution is 2.30. The highest BCUT2D eigenvalue weighted by molar-refractivity contribution is 6.06.